The van der Waals surface area contributed by atoms with Crippen LogP contribution in [0.15, 0.2) is 24.3 Å². The molecule has 0 saturated carbocycles. The predicted octanol–water partition coefficient (Wildman–Crippen LogP) is 1.13. The van der Waals surface area contributed by atoms with Crippen molar-refractivity contribution in [3.63, 3.8) is 0 Å². The third kappa shape index (κ3) is 2.97. The molecular formula is C13H18N2O2. The minimum absolute atomic E-state index is 0.177. The van der Waals surface area contributed by atoms with Gasteiger partial charge in [0.1, 0.15) is 0 Å². The number of para-hydroxylation sites is 1. The number of hydrogen-bond acceptors (Lipinski definition) is 3. The molecule has 4 nitrogen and oxygen atoms in total. The van der Waals surface area contributed by atoms with Crippen molar-refractivity contribution in [2.75, 3.05) is 38.7 Å². The summed E-state index contributed by atoms with van der Waals surface area (Å²) in [7, 11) is 1.65. The van der Waals surface area contributed by atoms with Gasteiger partial charge >= 0.3 is 0 Å². The quantitative estimate of drug-likeness (QED) is 0.852. The second-order valence-corrected chi connectivity index (χ2v) is 4.13. The van der Waals surface area contributed by atoms with Gasteiger partial charge in [0.25, 0.3) is 0 Å². The summed E-state index contributed by atoms with van der Waals surface area (Å²) in [5, 5.41) is 3.36. The molecule has 92 valence electrons. The van der Waals surface area contributed by atoms with E-state index in [0.29, 0.717) is 19.6 Å². The maximum Gasteiger partial charge on any atom is 0.227 e. The Morgan fingerprint density at radius 1 is 1.41 bits per heavy atom. The normalized spacial score (nSPS) is 15.8. The van der Waals surface area contributed by atoms with Crippen LogP contribution < -0.4 is 5.32 Å². The van der Waals surface area contributed by atoms with Crippen LogP contribution in [-0.4, -0.2) is 44.2 Å². The first kappa shape index (κ1) is 11.9. The standard InChI is InChI=1S/C13H18N2O2/c1-17-9-8-15-7-6-14-12-5-3-2-4-11(12)10-13(15)16/h2-5,14H,6-10H2,1H3. The summed E-state index contributed by atoms with van der Waals surface area (Å²) in [5.41, 5.74) is 2.15. The van der Waals surface area contributed by atoms with Gasteiger partial charge in [0.05, 0.1) is 13.0 Å². The second-order valence-electron chi connectivity index (χ2n) is 4.13. The Labute approximate surface area is 102 Å². The van der Waals surface area contributed by atoms with Crippen LogP contribution in [0.25, 0.3) is 0 Å². The third-order valence-electron chi connectivity index (χ3n) is 2.97. The molecule has 4 heteroatoms. The molecule has 0 saturated heterocycles. The van der Waals surface area contributed by atoms with Crippen molar-refractivity contribution in [3.05, 3.63) is 29.8 Å². The van der Waals surface area contributed by atoms with Gasteiger partial charge in [-0.05, 0) is 11.6 Å². The number of nitrogens with one attached hydrogen (secondary N) is 1. The van der Waals surface area contributed by atoms with E-state index in [0.717, 1.165) is 24.3 Å². The highest BCUT2D eigenvalue weighted by Crippen LogP contribution is 2.18. The molecule has 1 N–H and O–H groups in total. The molecule has 17 heavy (non-hydrogen) atoms. The van der Waals surface area contributed by atoms with Gasteiger partial charge in [0.15, 0.2) is 0 Å². The molecule has 0 aliphatic carbocycles. The number of rotatable bonds is 3. The van der Waals surface area contributed by atoms with E-state index in [9.17, 15) is 4.79 Å². The van der Waals surface area contributed by atoms with Gasteiger partial charge in [0.2, 0.25) is 5.91 Å². The van der Waals surface area contributed by atoms with Crippen molar-refractivity contribution in [2.24, 2.45) is 0 Å². The van der Waals surface area contributed by atoms with Crippen LogP contribution in [0, 0.1) is 0 Å². The molecule has 1 aromatic rings. The smallest absolute Gasteiger partial charge is 0.227 e. The molecule has 1 aliphatic heterocycles. The number of methoxy groups -OCH3 is 1. The van der Waals surface area contributed by atoms with Gasteiger partial charge in [-0.1, -0.05) is 18.2 Å². The maximum absolute atomic E-state index is 12.1. The third-order valence-corrected chi connectivity index (χ3v) is 2.97. The van der Waals surface area contributed by atoms with E-state index in [-0.39, 0.29) is 5.91 Å². The van der Waals surface area contributed by atoms with Crippen molar-refractivity contribution in [1.82, 2.24) is 4.90 Å². The second kappa shape index (κ2) is 5.68. The summed E-state index contributed by atoms with van der Waals surface area (Å²) in [6.45, 7) is 2.77. The predicted molar refractivity (Wildman–Crippen MR) is 67.1 cm³/mol. The summed E-state index contributed by atoms with van der Waals surface area (Å²) < 4.78 is 5.02. The van der Waals surface area contributed by atoms with Crippen LogP contribution >= 0.6 is 0 Å². The first-order valence-electron chi connectivity index (χ1n) is 5.90. The molecule has 1 aromatic carbocycles. The van der Waals surface area contributed by atoms with Gasteiger partial charge in [-0.3, -0.25) is 4.79 Å². The van der Waals surface area contributed by atoms with E-state index in [2.05, 4.69) is 5.32 Å². The van der Waals surface area contributed by atoms with E-state index < -0.39 is 0 Å². The molecule has 0 radical (unpaired) electrons. The van der Waals surface area contributed by atoms with Crippen LogP contribution in [0.4, 0.5) is 5.69 Å². The number of benzene rings is 1. The number of fused-ring (bicyclic) bond motifs is 1. The molecule has 2 rings (SSSR count). The molecule has 0 fully saturated rings. The fraction of sp³-hybridized carbons (Fsp3) is 0.462. The van der Waals surface area contributed by atoms with Crippen LogP contribution in [0.3, 0.4) is 0 Å². The molecule has 1 aliphatic rings. The Morgan fingerprint density at radius 2 is 2.24 bits per heavy atom. The number of carbonyl (C=O) groups excluding carboxylic acids is 1. The van der Waals surface area contributed by atoms with Crippen LogP contribution in [0.1, 0.15) is 5.56 Å². The molecule has 0 bridgehead atoms. The highest BCUT2D eigenvalue weighted by atomic mass is 16.5. The van der Waals surface area contributed by atoms with Crippen molar-refractivity contribution in [2.45, 2.75) is 6.42 Å². The molecule has 0 atom stereocenters. The lowest BCUT2D eigenvalue weighted by Crippen LogP contribution is -2.39. The van der Waals surface area contributed by atoms with Gasteiger partial charge in [-0.2, -0.15) is 0 Å². The first-order chi connectivity index (χ1) is 8.31. The van der Waals surface area contributed by atoms with Gasteiger partial charge in [-0.15, -0.1) is 0 Å². The molecule has 0 aromatic heterocycles. The topological polar surface area (TPSA) is 41.6 Å². The van der Waals surface area contributed by atoms with Crippen molar-refractivity contribution in [1.29, 1.82) is 0 Å². The summed E-state index contributed by atoms with van der Waals surface area (Å²) in [6, 6.07) is 7.98. The Kier molecular flexibility index (Phi) is 3.98. The van der Waals surface area contributed by atoms with Crippen molar-refractivity contribution in [3.8, 4) is 0 Å². The number of ether oxygens (including phenoxy) is 1. The van der Waals surface area contributed by atoms with E-state index in [1.165, 1.54) is 0 Å². The largest absolute Gasteiger partial charge is 0.383 e. The average Bonchev–Trinajstić information content (AvgIpc) is 2.33. The SMILES string of the molecule is COCCN1CCNc2ccccc2CC1=O. The van der Waals surface area contributed by atoms with Crippen LogP contribution in [-0.2, 0) is 16.0 Å². The lowest BCUT2D eigenvalue weighted by Gasteiger charge is -2.26. The van der Waals surface area contributed by atoms with E-state index in [1.807, 2.05) is 29.2 Å². The Morgan fingerprint density at radius 3 is 3.06 bits per heavy atom. The zero-order valence-electron chi connectivity index (χ0n) is 10.1. The first-order valence-corrected chi connectivity index (χ1v) is 5.90. The zero-order chi connectivity index (χ0) is 12.1. The monoisotopic (exact) mass is 234 g/mol. The van der Waals surface area contributed by atoms with Gasteiger partial charge < -0.3 is 15.0 Å². The number of anilines is 1. The van der Waals surface area contributed by atoms with Crippen LogP contribution in [0.5, 0.6) is 0 Å². The Hall–Kier alpha value is -1.55. The highest BCUT2D eigenvalue weighted by Gasteiger charge is 2.17. The number of hydrogen-bond donors (Lipinski definition) is 1. The van der Waals surface area contributed by atoms with Crippen LogP contribution in [0.2, 0.25) is 0 Å². The average molecular weight is 234 g/mol. The minimum Gasteiger partial charge on any atom is -0.383 e. The lowest BCUT2D eigenvalue weighted by molar-refractivity contribution is -0.131. The van der Waals surface area contributed by atoms with E-state index in [1.54, 1.807) is 7.11 Å². The molecule has 1 heterocycles. The van der Waals surface area contributed by atoms with Gasteiger partial charge in [-0.25, -0.2) is 0 Å². The lowest BCUT2D eigenvalue weighted by atomic mass is 10.1. The van der Waals surface area contributed by atoms with E-state index in [4.69, 9.17) is 4.74 Å². The van der Waals surface area contributed by atoms with Gasteiger partial charge in [0, 0.05) is 32.4 Å². The molecule has 0 spiro atoms. The zero-order valence-corrected chi connectivity index (χ0v) is 10.1. The summed E-state index contributed by atoms with van der Waals surface area (Å²) >= 11 is 0. The van der Waals surface area contributed by atoms with E-state index >= 15 is 0 Å². The summed E-state index contributed by atoms with van der Waals surface area (Å²) in [5.74, 6) is 0.177. The minimum atomic E-state index is 0.177. The number of carbonyl (C=O) groups is 1. The molecular weight excluding hydrogens is 216 g/mol. The van der Waals surface area contributed by atoms with Crippen molar-refractivity contribution < 1.29 is 9.53 Å². The Bertz CT molecular complexity index is 393. The van der Waals surface area contributed by atoms with Crippen molar-refractivity contribution >= 4 is 11.6 Å². The Balaban J connectivity index is 2.09. The maximum atomic E-state index is 12.1. The fourth-order valence-electron chi connectivity index (χ4n) is 2.01. The fourth-order valence-corrected chi connectivity index (χ4v) is 2.01. The summed E-state index contributed by atoms with van der Waals surface area (Å²) in [4.78, 5) is 13.9. The highest BCUT2D eigenvalue weighted by molar-refractivity contribution is 5.81. The number of amides is 1. The number of nitrogens with zero attached hydrogens (tertiary/aromatic N) is 1. The molecule has 0 unspecified atom stereocenters. The summed E-state index contributed by atoms with van der Waals surface area (Å²) in [6.07, 6.45) is 0.465. The molecule has 1 amide bonds.